The van der Waals surface area contributed by atoms with Crippen LogP contribution in [0.25, 0.3) is 28.4 Å². The number of fused-ring (bicyclic) bond motifs is 1. The van der Waals surface area contributed by atoms with Crippen LogP contribution in [0.5, 0.6) is 17.2 Å². The van der Waals surface area contributed by atoms with Crippen molar-refractivity contribution in [2.75, 3.05) is 21.3 Å². The number of methoxy groups -OCH3 is 3. The van der Waals surface area contributed by atoms with Gasteiger partial charge in [0.25, 0.3) is 5.56 Å². The molecule has 0 aliphatic carbocycles. The highest BCUT2D eigenvalue weighted by atomic mass is 16.5. The van der Waals surface area contributed by atoms with Crippen LogP contribution in [0.1, 0.15) is 19.4 Å². The van der Waals surface area contributed by atoms with E-state index in [1.165, 1.54) is 27.4 Å². The number of para-hydroxylation sites is 1. The molecule has 0 atom stereocenters. The van der Waals surface area contributed by atoms with Crippen molar-refractivity contribution in [2.24, 2.45) is 0 Å². The topological polar surface area (TPSA) is 103 Å². The summed E-state index contributed by atoms with van der Waals surface area (Å²) >= 11 is 0. The third kappa shape index (κ3) is 4.69. The lowest BCUT2D eigenvalue weighted by molar-refractivity contribution is -0.116. The molecule has 31 heavy (non-hydrogen) atoms. The van der Waals surface area contributed by atoms with E-state index >= 15 is 0 Å². The standard InChI is InChI=1S/C23H25N3O5/c1-13(2)24-19(27)10-9-14-7-6-8-16-20(14)25-22(26-23(16)28)15-11-17(29-3)21(31-5)18(12-15)30-4/h6-13H,1-5H3,(H,24,27)(H,25,26,28)/b10-9+. The van der Waals surface area contributed by atoms with Gasteiger partial charge in [0.15, 0.2) is 11.5 Å². The fraction of sp³-hybridized carbons (Fsp3) is 0.261. The summed E-state index contributed by atoms with van der Waals surface area (Å²) in [6.07, 6.45) is 3.07. The molecule has 2 N–H and O–H groups in total. The van der Waals surface area contributed by atoms with Crippen LogP contribution in [0.4, 0.5) is 0 Å². The third-order valence-electron chi connectivity index (χ3n) is 4.55. The van der Waals surface area contributed by atoms with Gasteiger partial charge in [0.05, 0.1) is 32.2 Å². The molecule has 0 saturated carbocycles. The number of rotatable bonds is 7. The summed E-state index contributed by atoms with van der Waals surface area (Å²) in [4.78, 5) is 32.2. The van der Waals surface area contributed by atoms with Gasteiger partial charge < -0.3 is 24.5 Å². The van der Waals surface area contributed by atoms with Gasteiger partial charge in [-0.1, -0.05) is 12.1 Å². The second-order valence-corrected chi connectivity index (χ2v) is 7.07. The fourth-order valence-corrected chi connectivity index (χ4v) is 3.17. The molecule has 0 unspecified atom stereocenters. The molecule has 0 fully saturated rings. The molecule has 0 aliphatic rings. The Labute approximate surface area is 179 Å². The van der Waals surface area contributed by atoms with Gasteiger partial charge in [-0.25, -0.2) is 4.98 Å². The van der Waals surface area contributed by atoms with Crippen molar-refractivity contribution in [3.8, 4) is 28.6 Å². The molecule has 3 aromatic rings. The second kappa shape index (κ2) is 9.34. The monoisotopic (exact) mass is 423 g/mol. The van der Waals surface area contributed by atoms with Crippen LogP contribution in [0.15, 0.2) is 41.2 Å². The number of nitrogens with zero attached hydrogens (tertiary/aromatic N) is 1. The van der Waals surface area contributed by atoms with Crippen LogP contribution in [0.3, 0.4) is 0 Å². The molecular weight excluding hydrogens is 398 g/mol. The first-order chi connectivity index (χ1) is 14.9. The Hall–Kier alpha value is -3.81. The molecule has 8 nitrogen and oxygen atoms in total. The molecule has 0 bridgehead atoms. The number of aromatic amines is 1. The van der Waals surface area contributed by atoms with Gasteiger partial charge in [-0.05, 0) is 38.1 Å². The first-order valence-corrected chi connectivity index (χ1v) is 9.70. The van der Waals surface area contributed by atoms with Gasteiger partial charge in [-0.3, -0.25) is 9.59 Å². The van der Waals surface area contributed by atoms with Crippen LogP contribution in [0.2, 0.25) is 0 Å². The number of carbonyl (C=O) groups is 1. The molecule has 3 rings (SSSR count). The van der Waals surface area contributed by atoms with Crippen molar-refractivity contribution in [3.63, 3.8) is 0 Å². The van der Waals surface area contributed by atoms with Crippen LogP contribution in [-0.2, 0) is 4.79 Å². The van der Waals surface area contributed by atoms with Gasteiger partial charge in [0, 0.05) is 23.2 Å². The lowest BCUT2D eigenvalue weighted by Crippen LogP contribution is -2.28. The molecule has 0 saturated heterocycles. The zero-order chi connectivity index (χ0) is 22.5. The summed E-state index contributed by atoms with van der Waals surface area (Å²) in [6, 6.07) is 8.67. The average Bonchev–Trinajstić information content (AvgIpc) is 2.76. The average molecular weight is 423 g/mol. The molecule has 1 heterocycles. The lowest BCUT2D eigenvalue weighted by atomic mass is 10.1. The SMILES string of the molecule is COc1cc(-c2nc3c(/C=C/C(=O)NC(C)C)cccc3c(=O)[nH]2)cc(OC)c1OC. The number of aromatic nitrogens is 2. The van der Waals surface area contributed by atoms with Gasteiger partial charge >= 0.3 is 0 Å². The van der Waals surface area contributed by atoms with Crippen LogP contribution >= 0.6 is 0 Å². The van der Waals surface area contributed by atoms with Crippen molar-refractivity contribution in [3.05, 3.63) is 52.3 Å². The summed E-state index contributed by atoms with van der Waals surface area (Å²) in [7, 11) is 4.55. The van der Waals surface area contributed by atoms with E-state index < -0.39 is 0 Å². The molecule has 1 aromatic heterocycles. The number of carbonyl (C=O) groups excluding carboxylic acids is 1. The zero-order valence-electron chi connectivity index (χ0n) is 18.1. The number of H-pyrrole nitrogens is 1. The number of nitrogens with one attached hydrogen (secondary N) is 2. The van der Waals surface area contributed by atoms with E-state index in [0.717, 1.165) is 0 Å². The molecule has 0 aliphatic heterocycles. The van der Waals surface area contributed by atoms with Crippen LogP contribution in [-0.4, -0.2) is 43.2 Å². The smallest absolute Gasteiger partial charge is 0.259 e. The molecule has 0 radical (unpaired) electrons. The van der Waals surface area contributed by atoms with Crippen molar-refractivity contribution >= 4 is 22.9 Å². The van der Waals surface area contributed by atoms with Gasteiger partial charge in [0.1, 0.15) is 5.82 Å². The highest BCUT2D eigenvalue weighted by Gasteiger charge is 2.16. The van der Waals surface area contributed by atoms with E-state index in [1.54, 1.807) is 36.4 Å². The summed E-state index contributed by atoms with van der Waals surface area (Å²) < 4.78 is 16.2. The minimum atomic E-state index is -0.296. The Bertz CT molecular complexity index is 1170. The predicted molar refractivity (Wildman–Crippen MR) is 120 cm³/mol. The maximum Gasteiger partial charge on any atom is 0.259 e. The predicted octanol–water partition coefficient (Wildman–Crippen LogP) is 3.15. The first kappa shape index (κ1) is 21.9. The second-order valence-electron chi connectivity index (χ2n) is 7.07. The molecular formula is C23H25N3O5. The van der Waals surface area contributed by atoms with Crippen molar-refractivity contribution in [1.82, 2.24) is 15.3 Å². The number of hydrogen-bond donors (Lipinski definition) is 2. The third-order valence-corrected chi connectivity index (χ3v) is 4.55. The van der Waals surface area contributed by atoms with Gasteiger partial charge in [-0.2, -0.15) is 0 Å². The van der Waals surface area contributed by atoms with E-state index in [0.29, 0.717) is 45.1 Å². The summed E-state index contributed by atoms with van der Waals surface area (Å²) in [5.74, 6) is 1.44. The Kier molecular flexibility index (Phi) is 6.59. The Morgan fingerprint density at radius 1 is 1.10 bits per heavy atom. The molecule has 162 valence electrons. The molecule has 0 spiro atoms. The number of benzene rings is 2. The van der Waals surface area contributed by atoms with Gasteiger partial charge in [-0.15, -0.1) is 0 Å². The summed E-state index contributed by atoms with van der Waals surface area (Å²) in [5, 5.41) is 3.21. The van der Waals surface area contributed by atoms with Crippen molar-refractivity contribution < 1.29 is 19.0 Å². The maximum absolute atomic E-state index is 12.8. The lowest BCUT2D eigenvalue weighted by Gasteiger charge is -2.14. The minimum absolute atomic E-state index is 0.0253. The van der Waals surface area contributed by atoms with Crippen molar-refractivity contribution in [1.29, 1.82) is 0 Å². The van der Waals surface area contributed by atoms with E-state index in [4.69, 9.17) is 14.2 Å². The zero-order valence-corrected chi connectivity index (χ0v) is 18.1. The Balaban J connectivity index is 2.15. The largest absolute Gasteiger partial charge is 0.493 e. The quantitative estimate of drug-likeness (QED) is 0.566. The van der Waals surface area contributed by atoms with E-state index in [9.17, 15) is 9.59 Å². The Morgan fingerprint density at radius 2 is 1.77 bits per heavy atom. The number of amides is 1. The fourth-order valence-electron chi connectivity index (χ4n) is 3.17. The van der Waals surface area contributed by atoms with Crippen LogP contribution < -0.4 is 25.1 Å². The van der Waals surface area contributed by atoms with Gasteiger partial charge in [0.2, 0.25) is 11.7 Å². The maximum atomic E-state index is 12.8. The van der Waals surface area contributed by atoms with Crippen LogP contribution in [0, 0.1) is 0 Å². The number of hydrogen-bond acceptors (Lipinski definition) is 6. The molecule has 2 aromatic carbocycles. The minimum Gasteiger partial charge on any atom is -0.493 e. The normalized spacial score (nSPS) is 11.2. The highest BCUT2D eigenvalue weighted by molar-refractivity contribution is 5.95. The summed E-state index contributed by atoms with van der Waals surface area (Å²) in [6.45, 7) is 3.77. The highest BCUT2D eigenvalue weighted by Crippen LogP contribution is 2.40. The Morgan fingerprint density at radius 3 is 2.35 bits per heavy atom. The first-order valence-electron chi connectivity index (χ1n) is 9.70. The summed E-state index contributed by atoms with van der Waals surface area (Å²) in [5.41, 5.74) is 1.42. The molecule has 8 heteroatoms. The van der Waals surface area contributed by atoms with E-state index in [1.807, 2.05) is 13.8 Å². The van der Waals surface area contributed by atoms with E-state index in [2.05, 4.69) is 15.3 Å². The number of ether oxygens (including phenoxy) is 3. The van der Waals surface area contributed by atoms with Crippen molar-refractivity contribution in [2.45, 2.75) is 19.9 Å². The molecule has 1 amide bonds. The van der Waals surface area contributed by atoms with E-state index in [-0.39, 0.29) is 17.5 Å².